The summed E-state index contributed by atoms with van der Waals surface area (Å²) in [6.45, 7) is 5.57. The fourth-order valence-electron chi connectivity index (χ4n) is 1.18. The van der Waals surface area contributed by atoms with Crippen LogP contribution < -0.4 is 11.1 Å². The molecule has 1 amide bonds. The largest absolute Gasteiger partial charge is 0.444 e. The lowest BCUT2D eigenvalue weighted by atomic mass is 10.2. The minimum atomic E-state index is -0.552. The van der Waals surface area contributed by atoms with Crippen molar-refractivity contribution in [3.63, 3.8) is 0 Å². The minimum absolute atomic E-state index is 0.195. The summed E-state index contributed by atoms with van der Waals surface area (Å²) in [5.74, 6) is 0.451. The number of hydrogen-bond acceptors (Lipinski definition) is 5. The Morgan fingerprint density at radius 3 is 2.50 bits per heavy atom. The van der Waals surface area contributed by atoms with E-state index >= 15 is 0 Å². The van der Waals surface area contributed by atoms with Gasteiger partial charge in [0, 0.05) is 18.9 Å². The summed E-state index contributed by atoms with van der Waals surface area (Å²) in [6.07, 6.45) is 2.66. The van der Waals surface area contributed by atoms with Crippen LogP contribution in [0.1, 0.15) is 32.6 Å². The summed E-state index contributed by atoms with van der Waals surface area (Å²) in [7, 11) is 0. The van der Waals surface area contributed by atoms with Gasteiger partial charge in [0.25, 0.3) is 0 Å². The van der Waals surface area contributed by atoms with E-state index in [1.807, 2.05) is 0 Å². The lowest BCUT2D eigenvalue weighted by molar-refractivity contribution is 0.0503. The minimum Gasteiger partial charge on any atom is -0.444 e. The molecule has 6 nitrogen and oxygen atoms in total. The second kappa shape index (κ2) is 6.10. The SMILES string of the molecule is CC(C)(C)OC(=O)NC(CN)c1ncc(Br)cn1. The van der Waals surface area contributed by atoms with Gasteiger partial charge in [-0.1, -0.05) is 0 Å². The van der Waals surface area contributed by atoms with E-state index in [4.69, 9.17) is 10.5 Å². The van der Waals surface area contributed by atoms with Gasteiger partial charge in [-0.15, -0.1) is 0 Å². The molecule has 0 fully saturated rings. The zero-order valence-corrected chi connectivity index (χ0v) is 12.2. The second-order valence-electron chi connectivity index (χ2n) is 4.69. The van der Waals surface area contributed by atoms with Gasteiger partial charge in [0.15, 0.2) is 5.82 Å². The first-order valence-electron chi connectivity index (χ1n) is 5.49. The molecule has 0 aromatic carbocycles. The number of nitrogens with one attached hydrogen (secondary N) is 1. The maximum absolute atomic E-state index is 11.6. The van der Waals surface area contributed by atoms with Crippen molar-refractivity contribution >= 4 is 22.0 Å². The summed E-state index contributed by atoms with van der Waals surface area (Å²) in [6, 6.07) is -0.465. The van der Waals surface area contributed by atoms with E-state index in [1.165, 1.54) is 0 Å². The zero-order valence-electron chi connectivity index (χ0n) is 10.6. The average Bonchev–Trinajstić information content (AvgIpc) is 2.25. The van der Waals surface area contributed by atoms with E-state index < -0.39 is 17.7 Å². The van der Waals surface area contributed by atoms with E-state index in [1.54, 1.807) is 33.2 Å². The van der Waals surface area contributed by atoms with Gasteiger partial charge < -0.3 is 15.8 Å². The van der Waals surface area contributed by atoms with E-state index in [0.717, 1.165) is 4.47 Å². The fraction of sp³-hybridized carbons (Fsp3) is 0.545. The highest BCUT2D eigenvalue weighted by atomic mass is 79.9. The number of carbonyl (C=O) groups is 1. The molecule has 0 aliphatic rings. The van der Waals surface area contributed by atoms with E-state index in [9.17, 15) is 4.79 Å². The van der Waals surface area contributed by atoms with Crippen LogP contribution in [0, 0.1) is 0 Å². The Balaban J connectivity index is 2.68. The van der Waals surface area contributed by atoms with Crippen molar-refractivity contribution in [2.75, 3.05) is 6.54 Å². The Kier molecular flexibility index (Phi) is 5.03. The molecule has 0 spiro atoms. The number of rotatable bonds is 3. The van der Waals surface area contributed by atoms with Crippen LogP contribution in [-0.4, -0.2) is 28.2 Å². The second-order valence-corrected chi connectivity index (χ2v) is 5.61. The van der Waals surface area contributed by atoms with Crippen LogP contribution in [0.25, 0.3) is 0 Å². The van der Waals surface area contributed by atoms with Gasteiger partial charge in [-0.3, -0.25) is 0 Å². The Morgan fingerprint density at radius 1 is 1.50 bits per heavy atom. The van der Waals surface area contributed by atoms with Crippen molar-refractivity contribution in [1.82, 2.24) is 15.3 Å². The molecule has 0 bridgehead atoms. The van der Waals surface area contributed by atoms with Crippen LogP contribution in [0.5, 0.6) is 0 Å². The van der Waals surface area contributed by atoms with Crippen molar-refractivity contribution in [3.8, 4) is 0 Å². The molecule has 1 unspecified atom stereocenters. The number of hydrogen-bond donors (Lipinski definition) is 2. The third kappa shape index (κ3) is 4.97. The normalized spacial score (nSPS) is 12.9. The topological polar surface area (TPSA) is 90.1 Å². The van der Waals surface area contributed by atoms with Crippen LogP contribution in [0.2, 0.25) is 0 Å². The molecule has 3 N–H and O–H groups in total. The van der Waals surface area contributed by atoms with Gasteiger partial charge in [-0.2, -0.15) is 0 Å². The number of nitrogens with two attached hydrogens (primary N) is 1. The zero-order chi connectivity index (χ0) is 13.8. The molecule has 1 atom stereocenters. The van der Waals surface area contributed by atoms with Crippen molar-refractivity contribution in [2.45, 2.75) is 32.4 Å². The Bertz CT molecular complexity index is 402. The van der Waals surface area contributed by atoms with Crippen LogP contribution in [0.3, 0.4) is 0 Å². The van der Waals surface area contributed by atoms with Gasteiger partial charge in [-0.25, -0.2) is 14.8 Å². The van der Waals surface area contributed by atoms with Gasteiger partial charge in [-0.05, 0) is 36.7 Å². The molecule has 1 aromatic rings. The van der Waals surface area contributed by atoms with E-state index in [2.05, 4.69) is 31.2 Å². The molecule has 100 valence electrons. The number of nitrogens with zero attached hydrogens (tertiary/aromatic N) is 2. The molecule has 0 aliphatic carbocycles. The smallest absolute Gasteiger partial charge is 0.408 e. The van der Waals surface area contributed by atoms with Crippen LogP contribution in [-0.2, 0) is 4.74 Å². The van der Waals surface area contributed by atoms with E-state index in [0.29, 0.717) is 5.82 Å². The number of halogens is 1. The molecule has 1 heterocycles. The lowest BCUT2D eigenvalue weighted by Gasteiger charge is -2.22. The molecule has 0 saturated carbocycles. The predicted octanol–water partition coefficient (Wildman–Crippen LogP) is 1.76. The van der Waals surface area contributed by atoms with Crippen molar-refractivity contribution in [2.24, 2.45) is 5.73 Å². The van der Waals surface area contributed by atoms with Gasteiger partial charge >= 0.3 is 6.09 Å². The maximum Gasteiger partial charge on any atom is 0.408 e. The number of amides is 1. The molecular weight excluding hydrogens is 300 g/mol. The third-order valence-corrected chi connectivity index (χ3v) is 2.29. The standard InChI is InChI=1S/C11H17BrN4O2/c1-11(2,3)18-10(17)16-8(4-13)9-14-5-7(12)6-15-9/h5-6,8H,4,13H2,1-3H3,(H,16,17). The number of carbonyl (C=O) groups excluding carboxylic acids is 1. The predicted molar refractivity (Wildman–Crippen MR) is 70.9 cm³/mol. The molecule has 7 heteroatoms. The monoisotopic (exact) mass is 316 g/mol. The summed E-state index contributed by atoms with van der Waals surface area (Å²) in [5, 5.41) is 2.63. The number of ether oxygens (including phenoxy) is 1. The first-order valence-corrected chi connectivity index (χ1v) is 6.28. The van der Waals surface area contributed by atoms with Gasteiger partial charge in [0.2, 0.25) is 0 Å². The molecule has 1 aromatic heterocycles. The van der Waals surface area contributed by atoms with Crippen LogP contribution in [0.4, 0.5) is 4.79 Å². The van der Waals surface area contributed by atoms with Crippen LogP contribution >= 0.6 is 15.9 Å². The quantitative estimate of drug-likeness (QED) is 0.886. The highest BCUT2D eigenvalue weighted by molar-refractivity contribution is 9.10. The van der Waals surface area contributed by atoms with E-state index in [-0.39, 0.29) is 6.54 Å². The number of aromatic nitrogens is 2. The van der Waals surface area contributed by atoms with Crippen LogP contribution in [0.15, 0.2) is 16.9 Å². The molecule has 1 rings (SSSR count). The Labute approximate surface area is 114 Å². The highest BCUT2D eigenvalue weighted by Crippen LogP contribution is 2.12. The Hall–Kier alpha value is -1.21. The van der Waals surface area contributed by atoms with Crippen molar-refractivity contribution in [1.29, 1.82) is 0 Å². The van der Waals surface area contributed by atoms with Gasteiger partial charge in [0.05, 0.1) is 4.47 Å². The molecule has 0 radical (unpaired) electrons. The van der Waals surface area contributed by atoms with Crippen molar-refractivity contribution in [3.05, 3.63) is 22.7 Å². The third-order valence-electron chi connectivity index (χ3n) is 1.88. The molecular formula is C11H17BrN4O2. The summed E-state index contributed by atoms with van der Waals surface area (Å²) >= 11 is 3.24. The fourth-order valence-corrected chi connectivity index (χ4v) is 1.39. The molecule has 18 heavy (non-hydrogen) atoms. The van der Waals surface area contributed by atoms with Gasteiger partial charge in [0.1, 0.15) is 11.6 Å². The highest BCUT2D eigenvalue weighted by Gasteiger charge is 2.21. The number of alkyl carbamates (subject to hydrolysis) is 1. The first kappa shape index (κ1) is 14.8. The molecule has 0 aliphatic heterocycles. The average molecular weight is 317 g/mol. The first-order chi connectivity index (χ1) is 8.31. The molecule has 0 saturated heterocycles. The summed E-state index contributed by atoms with van der Waals surface area (Å²) < 4.78 is 5.91. The lowest BCUT2D eigenvalue weighted by Crippen LogP contribution is -2.38. The summed E-state index contributed by atoms with van der Waals surface area (Å²) in [5.41, 5.74) is 5.04. The Morgan fingerprint density at radius 2 is 2.06 bits per heavy atom. The summed E-state index contributed by atoms with van der Waals surface area (Å²) in [4.78, 5) is 19.8. The van der Waals surface area contributed by atoms with Crippen molar-refractivity contribution < 1.29 is 9.53 Å². The maximum atomic E-state index is 11.6.